The highest BCUT2D eigenvalue weighted by Crippen LogP contribution is 2.18. The summed E-state index contributed by atoms with van der Waals surface area (Å²) in [4.78, 5) is 34.1. The molecule has 0 fully saturated rings. The lowest BCUT2D eigenvalue weighted by molar-refractivity contribution is -0.122. The standard InChI is InChI=1S/C17H16N2O4/c1-11(23-15-5-3-2-4-13(15)10-20)17(22)19-14-8-6-12(7-9-14)16(18)21/h2-11H,1H3,(H2,18,21)(H,19,22)/t11-/m1/s1. The zero-order valence-electron chi connectivity index (χ0n) is 12.5. The maximum Gasteiger partial charge on any atom is 0.265 e. The van der Waals surface area contributed by atoms with Crippen LogP contribution in [0.1, 0.15) is 27.6 Å². The van der Waals surface area contributed by atoms with Gasteiger partial charge in [-0.15, -0.1) is 0 Å². The molecule has 23 heavy (non-hydrogen) atoms. The molecule has 2 rings (SSSR count). The Labute approximate surface area is 133 Å². The molecule has 0 aliphatic carbocycles. The highest BCUT2D eigenvalue weighted by Gasteiger charge is 2.16. The van der Waals surface area contributed by atoms with E-state index in [-0.39, 0.29) is 5.91 Å². The summed E-state index contributed by atoms with van der Waals surface area (Å²) in [6, 6.07) is 12.8. The predicted octanol–water partition coefficient (Wildman–Crippen LogP) is 2.00. The fourth-order valence-electron chi connectivity index (χ4n) is 1.89. The van der Waals surface area contributed by atoms with Gasteiger partial charge in [0.25, 0.3) is 5.91 Å². The van der Waals surface area contributed by atoms with Gasteiger partial charge in [0.1, 0.15) is 5.75 Å². The number of anilines is 1. The second kappa shape index (κ2) is 7.22. The lowest BCUT2D eigenvalue weighted by Crippen LogP contribution is -2.30. The van der Waals surface area contributed by atoms with Gasteiger partial charge in [0.15, 0.2) is 12.4 Å². The van der Waals surface area contributed by atoms with Crippen molar-refractivity contribution in [3.8, 4) is 5.75 Å². The van der Waals surface area contributed by atoms with Crippen molar-refractivity contribution in [2.24, 2.45) is 5.73 Å². The zero-order valence-corrected chi connectivity index (χ0v) is 12.5. The summed E-state index contributed by atoms with van der Waals surface area (Å²) >= 11 is 0. The molecule has 0 unspecified atom stereocenters. The maximum atomic E-state index is 12.1. The van der Waals surface area contributed by atoms with Crippen molar-refractivity contribution in [2.75, 3.05) is 5.32 Å². The van der Waals surface area contributed by atoms with E-state index in [0.717, 1.165) is 0 Å². The number of hydrogen-bond acceptors (Lipinski definition) is 4. The van der Waals surface area contributed by atoms with Crippen molar-refractivity contribution in [2.45, 2.75) is 13.0 Å². The van der Waals surface area contributed by atoms with Gasteiger partial charge in [-0.25, -0.2) is 0 Å². The molecule has 0 aliphatic heterocycles. The molecule has 6 nitrogen and oxygen atoms in total. The van der Waals surface area contributed by atoms with E-state index in [4.69, 9.17) is 10.5 Å². The number of nitrogens with one attached hydrogen (secondary N) is 1. The van der Waals surface area contributed by atoms with Crippen molar-refractivity contribution in [1.82, 2.24) is 0 Å². The number of rotatable bonds is 6. The zero-order chi connectivity index (χ0) is 16.8. The Hall–Kier alpha value is -3.15. The van der Waals surface area contributed by atoms with Crippen LogP contribution in [0.2, 0.25) is 0 Å². The molecular formula is C17H16N2O4. The molecular weight excluding hydrogens is 296 g/mol. The number of para-hydroxylation sites is 1. The van der Waals surface area contributed by atoms with E-state index >= 15 is 0 Å². The van der Waals surface area contributed by atoms with Crippen molar-refractivity contribution in [1.29, 1.82) is 0 Å². The lowest BCUT2D eigenvalue weighted by atomic mass is 10.2. The molecule has 0 saturated carbocycles. The SMILES string of the molecule is C[C@@H](Oc1ccccc1C=O)C(=O)Nc1ccc(C(N)=O)cc1. The number of aldehydes is 1. The van der Waals surface area contributed by atoms with E-state index in [1.165, 1.54) is 12.1 Å². The lowest BCUT2D eigenvalue weighted by Gasteiger charge is -2.16. The third-order valence-electron chi connectivity index (χ3n) is 3.16. The number of nitrogens with two attached hydrogens (primary N) is 1. The molecule has 0 saturated heterocycles. The van der Waals surface area contributed by atoms with E-state index in [9.17, 15) is 14.4 Å². The van der Waals surface area contributed by atoms with Gasteiger partial charge < -0.3 is 15.8 Å². The quantitative estimate of drug-likeness (QED) is 0.797. The number of primary amides is 1. The minimum absolute atomic E-state index is 0.342. The van der Waals surface area contributed by atoms with Crippen LogP contribution in [0.15, 0.2) is 48.5 Å². The van der Waals surface area contributed by atoms with Gasteiger partial charge >= 0.3 is 0 Å². The molecule has 118 valence electrons. The third kappa shape index (κ3) is 4.16. The number of hydrogen-bond donors (Lipinski definition) is 2. The van der Waals surface area contributed by atoms with E-state index in [1.807, 2.05) is 0 Å². The van der Waals surface area contributed by atoms with E-state index in [0.29, 0.717) is 28.8 Å². The van der Waals surface area contributed by atoms with Gasteiger partial charge in [0.05, 0.1) is 5.56 Å². The summed E-state index contributed by atoms with van der Waals surface area (Å²) in [5.41, 5.74) is 6.39. The second-order valence-electron chi connectivity index (χ2n) is 4.85. The fraction of sp³-hybridized carbons (Fsp3) is 0.118. The Morgan fingerprint density at radius 3 is 2.39 bits per heavy atom. The van der Waals surface area contributed by atoms with Crippen LogP contribution < -0.4 is 15.8 Å². The van der Waals surface area contributed by atoms with Crippen LogP contribution in [0.25, 0.3) is 0 Å². The number of carbonyl (C=O) groups is 3. The molecule has 0 bridgehead atoms. The molecule has 2 amide bonds. The smallest absolute Gasteiger partial charge is 0.265 e. The first-order valence-electron chi connectivity index (χ1n) is 6.93. The fourth-order valence-corrected chi connectivity index (χ4v) is 1.89. The summed E-state index contributed by atoms with van der Waals surface area (Å²) in [6.45, 7) is 1.58. The maximum absolute atomic E-state index is 12.1. The largest absolute Gasteiger partial charge is 0.480 e. The molecule has 1 atom stereocenters. The first kappa shape index (κ1) is 16.2. The molecule has 0 heterocycles. The van der Waals surface area contributed by atoms with Crippen LogP contribution in [0.4, 0.5) is 5.69 Å². The minimum Gasteiger partial charge on any atom is -0.480 e. The van der Waals surface area contributed by atoms with Crippen molar-refractivity contribution < 1.29 is 19.1 Å². The molecule has 2 aromatic carbocycles. The van der Waals surface area contributed by atoms with E-state index in [1.54, 1.807) is 43.3 Å². The highest BCUT2D eigenvalue weighted by molar-refractivity contribution is 5.96. The Bertz CT molecular complexity index is 726. The minimum atomic E-state index is -0.799. The normalized spacial score (nSPS) is 11.3. The van der Waals surface area contributed by atoms with Crippen LogP contribution in [-0.2, 0) is 4.79 Å². The van der Waals surface area contributed by atoms with E-state index < -0.39 is 12.0 Å². The predicted molar refractivity (Wildman–Crippen MR) is 85.5 cm³/mol. The van der Waals surface area contributed by atoms with Gasteiger partial charge in [-0.3, -0.25) is 14.4 Å². The van der Waals surface area contributed by atoms with Crippen LogP contribution in [-0.4, -0.2) is 24.2 Å². The molecule has 0 radical (unpaired) electrons. The number of amides is 2. The van der Waals surface area contributed by atoms with Crippen LogP contribution in [0.3, 0.4) is 0 Å². The van der Waals surface area contributed by atoms with Gasteiger partial charge in [-0.05, 0) is 43.3 Å². The van der Waals surface area contributed by atoms with Gasteiger partial charge in [0, 0.05) is 11.3 Å². The first-order chi connectivity index (χ1) is 11.0. The molecule has 0 spiro atoms. The van der Waals surface area contributed by atoms with Crippen LogP contribution >= 0.6 is 0 Å². The van der Waals surface area contributed by atoms with Crippen molar-refractivity contribution in [3.05, 3.63) is 59.7 Å². The average molecular weight is 312 g/mol. The van der Waals surface area contributed by atoms with Gasteiger partial charge in [-0.1, -0.05) is 12.1 Å². The second-order valence-corrected chi connectivity index (χ2v) is 4.85. The summed E-state index contributed by atoms with van der Waals surface area (Å²) in [5.74, 6) is -0.572. The molecule has 6 heteroatoms. The number of ether oxygens (including phenoxy) is 1. The monoisotopic (exact) mass is 312 g/mol. The summed E-state index contributed by atoms with van der Waals surface area (Å²) in [5, 5.41) is 2.66. The number of carbonyl (C=O) groups excluding carboxylic acids is 3. The average Bonchev–Trinajstić information content (AvgIpc) is 2.55. The van der Waals surface area contributed by atoms with Gasteiger partial charge in [0.2, 0.25) is 5.91 Å². The van der Waals surface area contributed by atoms with Crippen LogP contribution in [0, 0.1) is 0 Å². The Balaban J connectivity index is 2.02. The first-order valence-corrected chi connectivity index (χ1v) is 6.93. The Morgan fingerprint density at radius 1 is 1.13 bits per heavy atom. The Morgan fingerprint density at radius 2 is 1.78 bits per heavy atom. The molecule has 0 aliphatic rings. The summed E-state index contributed by atoms with van der Waals surface area (Å²) in [7, 11) is 0. The highest BCUT2D eigenvalue weighted by atomic mass is 16.5. The van der Waals surface area contributed by atoms with Crippen molar-refractivity contribution >= 4 is 23.8 Å². The Kier molecular flexibility index (Phi) is 5.09. The molecule has 0 aromatic heterocycles. The summed E-state index contributed by atoms with van der Waals surface area (Å²) < 4.78 is 5.51. The third-order valence-corrected chi connectivity index (χ3v) is 3.16. The van der Waals surface area contributed by atoms with Crippen LogP contribution in [0.5, 0.6) is 5.75 Å². The number of benzene rings is 2. The van der Waals surface area contributed by atoms with Gasteiger partial charge in [-0.2, -0.15) is 0 Å². The molecule has 3 N–H and O–H groups in total. The summed E-state index contributed by atoms with van der Waals surface area (Å²) in [6.07, 6.45) is -0.130. The topological polar surface area (TPSA) is 98.5 Å². The van der Waals surface area contributed by atoms with E-state index in [2.05, 4.69) is 5.32 Å². The molecule has 2 aromatic rings. The van der Waals surface area contributed by atoms with Crippen molar-refractivity contribution in [3.63, 3.8) is 0 Å².